The molecule has 0 aromatic carbocycles. The van der Waals surface area contributed by atoms with E-state index in [1.54, 1.807) is 6.92 Å². The third-order valence-electron chi connectivity index (χ3n) is 6.51. The number of hydrogen-bond donors (Lipinski definition) is 2. The van der Waals surface area contributed by atoms with Gasteiger partial charge in [0.1, 0.15) is 5.82 Å². The number of fused-ring (bicyclic) bond motifs is 1. The second kappa shape index (κ2) is 8.19. The highest BCUT2D eigenvalue weighted by atomic mass is 16.2. The van der Waals surface area contributed by atoms with Crippen molar-refractivity contribution in [2.75, 3.05) is 19.6 Å². The normalized spacial score (nSPS) is 24.5. The summed E-state index contributed by atoms with van der Waals surface area (Å²) in [5.41, 5.74) is -0.375. The number of aromatic nitrogens is 3. The van der Waals surface area contributed by atoms with Gasteiger partial charge in [-0.2, -0.15) is 0 Å². The summed E-state index contributed by atoms with van der Waals surface area (Å²) in [6, 6.07) is 0.00446. The molecule has 8 nitrogen and oxygen atoms in total. The minimum atomic E-state index is -0.375. The van der Waals surface area contributed by atoms with Crippen LogP contribution < -0.4 is 10.6 Å². The van der Waals surface area contributed by atoms with E-state index in [0.717, 1.165) is 82.8 Å². The van der Waals surface area contributed by atoms with E-state index in [1.807, 2.05) is 4.90 Å². The Morgan fingerprint density at radius 3 is 2.75 bits per heavy atom. The van der Waals surface area contributed by atoms with Gasteiger partial charge >= 0.3 is 0 Å². The van der Waals surface area contributed by atoms with Gasteiger partial charge in [0.25, 0.3) is 0 Å². The first kappa shape index (κ1) is 19.4. The molecule has 8 heteroatoms. The van der Waals surface area contributed by atoms with Crippen LogP contribution in [0.5, 0.6) is 0 Å². The molecule has 2 aliphatic heterocycles. The Morgan fingerprint density at radius 1 is 1.14 bits per heavy atom. The van der Waals surface area contributed by atoms with Gasteiger partial charge in [-0.1, -0.05) is 19.3 Å². The second-order valence-electron chi connectivity index (χ2n) is 8.57. The highest BCUT2D eigenvalue weighted by Gasteiger charge is 2.40. The first-order valence-corrected chi connectivity index (χ1v) is 10.8. The van der Waals surface area contributed by atoms with E-state index in [-0.39, 0.29) is 23.4 Å². The van der Waals surface area contributed by atoms with Crippen LogP contribution in [0.3, 0.4) is 0 Å². The summed E-state index contributed by atoms with van der Waals surface area (Å²) >= 11 is 0. The summed E-state index contributed by atoms with van der Waals surface area (Å²) in [6.45, 7) is 5.00. The van der Waals surface area contributed by atoms with E-state index in [0.29, 0.717) is 6.42 Å². The molecule has 28 heavy (non-hydrogen) atoms. The second-order valence-corrected chi connectivity index (χ2v) is 8.57. The molecular formula is C20H32N6O2. The van der Waals surface area contributed by atoms with Crippen LogP contribution in [0.15, 0.2) is 0 Å². The van der Waals surface area contributed by atoms with Gasteiger partial charge in [-0.25, -0.2) is 0 Å². The van der Waals surface area contributed by atoms with Gasteiger partial charge in [0.15, 0.2) is 5.82 Å². The average Bonchev–Trinajstić information content (AvgIpc) is 3.22. The Hall–Kier alpha value is -1.96. The maximum atomic E-state index is 13.3. The summed E-state index contributed by atoms with van der Waals surface area (Å²) in [7, 11) is 0. The number of amides is 2. The van der Waals surface area contributed by atoms with E-state index in [2.05, 4.69) is 25.4 Å². The van der Waals surface area contributed by atoms with E-state index in [1.165, 1.54) is 6.42 Å². The van der Waals surface area contributed by atoms with Crippen LogP contribution in [0.25, 0.3) is 0 Å². The number of hydrogen-bond acceptors (Lipinski definition) is 5. The van der Waals surface area contributed by atoms with E-state index >= 15 is 0 Å². The molecule has 1 unspecified atom stereocenters. The van der Waals surface area contributed by atoms with E-state index in [4.69, 9.17) is 0 Å². The van der Waals surface area contributed by atoms with Crippen molar-refractivity contribution >= 4 is 11.8 Å². The van der Waals surface area contributed by atoms with Gasteiger partial charge in [-0.15, -0.1) is 10.2 Å². The first-order chi connectivity index (χ1) is 13.6. The summed E-state index contributed by atoms with van der Waals surface area (Å²) in [5, 5.41) is 15.4. The first-order valence-electron chi connectivity index (χ1n) is 10.8. The molecule has 154 valence electrons. The fourth-order valence-electron chi connectivity index (χ4n) is 5.21. The lowest BCUT2D eigenvalue weighted by atomic mass is 9.78. The zero-order valence-corrected chi connectivity index (χ0v) is 16.9. The Morgan fingerprint density at radius 2 is 1.96 bits per heavy atom. The van der Waals surface area contributed by atoms with Crippen molar-refractivity contribution in [1.82, 2.24) is 30.3 Å². The van der Waals surface area contributed by atoms with E-state index in [9.17, 15) is 9.59 Å². The topological polar surface area (TPSA) is 92.2 Å². The number of nitrogens with zero attached hydrogens (tertiary/aromatic N) is 4. The minimum absolute atomic E-state index is 0.00446. The molecule has 4 rings (SSSR count). The molecule has 3 heterocycles. The maximum absolute atomic E-state index is 13.3. The van der Waals surface area contributed by atoms with Gasteiger partial charge < -0.3 is 20.1 Å². The van der Waals surface area contributed by atoms with Crippen LogP contribution in [0.4, 0.5) is 0 Å². The van der Waals surface area contributed by atoms with Crippen LogP contribution in [0.1, 0.15) is 76.0 Å². The largest absolute Gasteiger partial charge is 0.350 e. The van der Waals surface area contributed by atoms with Crippen molar-refractivity contribution in [3.8, 4) is 0 Å². The van der Waals surface area contributed by atoms with Gasteiger partial charge in [0, 0.05) is 51.5 Å². The van der Waals surface area contributed by atoms with Crippen molar-refractivity contribution in [3.63, 3.8) is 0 Å². The van der Waals surface area contributed by atoms with E-state index < -0.39 is 0 Å². The van der Waals surface area contributed by atoms with Crippen LogP contribution in [-0.2, 0) is 22.6 Å². The van der Waals surface area contributed by atoms with Crippen molar-refractivity contribution in [3.05, 3.63) is 11.6 Å². The highest BCUT2D eigenvalue weighted by Crippen LogP contribution is 2.36. The molecule has 0 radical (unpaired) electrons. The van der Waals surface area contributed by atoms with Crippen molar-refractivity contribution in [2.45, 2.75) is 82.8 Å². The lowest BCUT2D eigenvalue weighted by Gasteiger charge is -2.39. The molecule has 1 aliphatic carbocycles. The number of rotatable bonds is 4. The van der Waals surface area contributed by atoms with Crippen molar-refractivity contribution in [1.29, 1.82) is 0 Å². The quantitative estimate of drug-likeness (QED) is 0.812. The minimum Gasteiger partial charge on any atom is -0.350 e. The zero-order chi connectivity index (χ0) is 19.6. The Bertz CT molecular complexity index is 724. The standard InChI is InChI=1S/C20H32N6O2/c1-15(27)22-20(8-3-2-4-9-20)14-18(28)25-12-5-6-16(25)19-24-23-17-7-10-21-11-13-26(17)19/h16,21H,2-14H2,1H3,(H,22,27). The predicted molar refractivity (Wildman–Crippen MR) is 105 cm³/mol. The summed E-state index contributed by atoms with van der Waals surface area (Å²) < 4.78 is 2.21. The molecule has 1 aromatic heterocycles. The molecule has 1 saturated carbocycles. The summed E-state index contributed by atoms with van der Waals surface area (Å²) in [6.07, 6.45) is 8.30. The number of carbonyl (C=O) groups excluding carboxylic acids is 2. The summed E-state index contributed by atoms with van der Waals surface area (Å²) in [4.78, 5) is 27.1. The smallest absolute Gasteiger partial charge is 0.225 e. The molecule has 2 amide bonds. The molecular weight excluding hydrogens is 356 g/mol. The van der Waals surface area contributed by atoms with Crippen LogP contribution in [0.2, 0.25) is 0 Å². The Labute approximate surface area is 166 Å². The lowest BCUT2D eigenvalue weighted by Crippen LogP contribution is -2.52. The van der Waals surface area contributed by atoms with Gasteiger partial charge in [-0.3, -0.25) is 9.59 Å². The van der Waals surface area contributed by atoms with Crippen molar-refractivity contribution < 1.29 is 9.59 Å². The average molecular weight is 389 g/mol. The molecule has 1 saturated heterocycles. The Balaban J connectivity index is 1.52. The third kappa shape index (κ3) is 3.92. The fraction of sp³-hybridized carbons (Fsp3) is 0.800. The van der Waals surface area contributed by atoms with Gasteiger partial charge in [0.05, 0.1) is 6.04 Å². The van der Waals surface area contributed by atoms with Crippen LogP contribution >= 0.6 is 0 Å². The van der Waals surface area contributed by atoms with Crippen molar-refractivity contribution in [2.24, 2.45) is 0 Å². The highest BCUT2D eigenvalue weighted by molar-refractivity contribution is 5.80. The summed E-state index contributed by atoms with van der Waals surface area (Å²) in [5.74, 6) is 2.05. The van der Waals surface area contributed by atoms with Crippen LogP contribution in [-0.4, -0.2) is 56.7 Å². The molecule has 3 aliphatic rings. The number of carbonyl (C=O) groups is 2. The van der Waals surface area contributed by atoms with Gasteiger partial charge in [-0.05, 0) is 25.7 Å². The zero-order valence-electron chi connectivity index (χ0n) is 16.9. The number of nitrogens with one attached hydrogen (secondary N) is 2. The Kier molecular flexibility index (Phi) is 5.66. The number of likely N-dealkylation sites (tertiary alicyclic amines) is 1. The molecule has 1 atom stereocenters. The SMILES string of the molecule is CC(=O)NC1(CC(=O)N2CCCC2c2nnc3n2CCNCC3)CCCCC1. The molecule has 0 spiro atoms. The monoisotopic (exact) mass is 388 g/mol. The lowest BCUT2D eigenvalue weighted by molar-refractivity contribution is -0.135. The third-order valence-corrected chi connectivity index (χ3v) is 6.51. The van der Waals surface area contributed by atoms with Crippen LogP contribution in [0, 0.1) is 0 Å². The molecule has 2 N–H and O–H groups in total. The fourth-order valence-corrected chi connectivity index (χ4v) is 5.21. The predicted octanol–water partition coefficient (Wildman–Crippen LogP) is 1.32. The van der Waals surface area contributed by atoms with Gasteiger partial charge in [0.2, 0.25) is 11.8 Å². The molecule has 2 fully saturated rings. The molecule has 0 bridgehead atoms. The maximum Gasteiger partial charge on any atom is 0.225 e. The molecule has 1 aromatic rings.